The lowest BCUT2D eigenvalue weighted by molar-refractivity contribution is 1.04. The number of nitrogens with two attached hydrogens (primary N) is 1. The van der Waals surface area contributed by atoms with Crippen LogP contribution in [0.2, 0.25) is 0 Å². The molecule has 1 aliphatic carbocycles. The highest BCUT2D eigenvalue weighted by Gasteiger charge is 2.25. The van der Waals surface area contributed by atoms with Gasteiger partial charge in [-0.25, -0.2) is 4.98 Å². The van der Waals surface area contributed by atoms with Crippen molar-refractivity contribution in [3.05, 3.63) is 23.4 Å². The fourth-order valence-corrected chi connectivity index (χ4v) is 1.42. The third-order valence-corrected chi connectivity index (χ3v) is 2.17. The summed E-state index contributed by atoms with van der Waals surface area (Å²) in [6, 6.07) is 4.00. The van der Waals surface area contributed by atoms with E-state index in [1.807, 2.05) is 26.8 Å². The highest BCUT2D eigenvalue weighted by atomic mass is 14.8. The van der Waals surface area contributed by atoms with Crippen molar-refractivity contribution >= 4 is 5.82 Å². The molecular weight excluding hydrogens is 160 g/mol. The first-order chi connectivity index (χ1) is 6.27. The second-order valence-electron chi connectivity index (χ2n) is 3.19. The second kappa shape index (κ2) is 4.26. The zero-order chi connectivity index (χ0) is 9.84. The van der Waals surface area contributed by atoms with Gasteiger partial charge < -0.3 is 5.73 Å². The maximum absolute atomic E-state index is 5.54. The molecule has 1 aromatic rings. The van der Waals surface area contributed by atoms with Crippen molar-refractivity contribution in [2.24, 2.45) is 0 Å². The van der Waals surface area contributed by atoms with Crippen LogP contribution in [0.4, 0.5) is 5.82 Å². The monoisotopic (exact) mass is 178 g/mol. The summed E-state index contributed by atoms with van der Waals surface area (Å²) in [6.45, 7) is 6.03. The Morgan fingerprint density at radius 1 is 1.31 bits per heavy atom. The standard InChI is InChI=1S/C9H12N2.C2H6/c1-6-8(7-2-3-7)4-5-9(10)11-6;1-2/h4-5,7H,2-3H2,1H3,(H2,10,11);1-2H3. The molecule has 1 aromatic heterocycles. The summed E-state index contributed by atoms with van der Waals surface area (Å²) in [7, 11) is 0. The average Bonchev–Trinajstić information content (AvgIpc) is 2.91. The van der Waals surface area contributed by atoms with Gasteiger partial charge in [0.2, 0.25) is 0 Å². The minimum absolute atomic E-state index is 0.631. The first kappa shape index (κ1) is 10.0. The summed E-state index contributed by atoms with van der Waals surface area (Å²) in [4.78, 5) is 4.21. The molecule has 72 valence electrons. The van der Waals surface area contributed by atoms with E-state index in [0.717, 1.165) is 11.6 Å². The van der Waals surface area contributed by atoms with Gasteiger partial charge in [-0.05, 0) is 37.3 Å². The Kier molecular flexibility index (Phi) is 3.29. The summed E-state index contributed by atoms with van der Waals surface area (Å²) in [6.07, 6.45) is 2.65. The predicted molar refractivity (Wildman–Crippen MR) is 56.7 cm³/mol. The Labute approximate surface area is 80.2 Å². The summed E-state index contributed by atoms with van der Waals surface area (Å²) in [5, 5.41) is 0. The number of rotatable bonds is 1. The van der Waals surface area contributed by atoms with Crippen LogP contribution in [0.5, 0.6) is 0 Å². The number of hydrogen-bond donors (Lipinski definition) is 1. The van der Waals surface area contributed by atoms with Gasteiger partial charge in [0.15, 0.2) is 0 Å². The summed E-state index contributed by atoms with van der Waals surface area (Å²) in [5.41, 5.74) is 8.03. The first-order valence-corrected chi connectivity index (χ1v) is 5.00. The lowest BCUT2D eigenvalue weighted by Gasteiger charge is -2.02. The van der Waals surface area contributed by atoms with Crippen LogP contribution in [-0.2, 0) is 0 Å². The molecule has 2 heteroatoms. The van der Waals surface area contributed by atoms with E-state index < -0.39 is 0 Å². The maximum atomic E-state index is 5.54. The van der Waals surface area contributed by atoms with Crippen molar-refractivity contribution < 1.29 is 0 Å². The van der Waals surface area contributed by atoms with Crippen LogP contribution >= 0.6 is 0 Å². The largest absolute Gasteiger partial charge is 0.384 e. The minimum Gasteiger partial charge on any atom is -0.384 e. The summed E-state index contributed by atoms with van der Waals surface area (Å²) in [5.74, 6) is 1.41. The average molecular weight is 178 g/mol. The van der Waals surface area contributed by atoms with Crippen molar-refractivity contribution in [1.29, 1.82) is 0 Å². The van der Waals surface area contributed by atoms with Crippen LogP contribution in [0.15, 0.2) is 12.1 Å². The third-order valence-electron chi connectivity index (χ3n) is 2.17. The highest BCUT2D eigenvalue weighted by molar-refractivity contribution is 5.36. The SMILES string of the molecule is CC.Cc1nc(N)ccc1C1CC1. The third kappa shape index (κ3) is 2.44. The van der Waals surface area contributed by atoms with Gasteiger partial charge in [-0.2, -0.15) is 0 Å². The van der Waals surface area contributed by atoms with E-state index >= 15 is 0 Å². The van der Waals surface area contributed by atoms with Crippen molar-refractivity contribution in [2.75, 3.05) is 5.73 Å². The van der Waals surface area contributed by atoms with E-state index in [9.17, 15) is 0 Å². The maximum Gasteiger partial charge on any atom is 0.123 e. The Balaban J connectivity index is 0.000000396. The van der Waals surface area contributed by atoms with E-state index in [0.29, 0.717) is 5.82 Å². The number of nitrogen functional groups attached to an aromatic ring is 1. The van der Waals surface area contributed by atoms with Gasteiger partial charge in [-0.1, -0.05) is 19.9 Å². The molecule has 0 bridgehead atoms. The van der Waals surface area contributed by atoms with Crippen LogP contribution in [0.25, 0.3) is 0 Å². The lowest BCUT2D eigenvalue weighted by atomic mass is 10.1. The molecule has 1 heterocycles. The fourth-order valence-electron chi connectivity index (χ4n) is 1.42. The number of aromatic nitrogens is 1. The van der Waals surface area contributed by atoms with Gasteiger partial charge >= 0.3 is 0 Å². The molecule has 0 unspecified atom stereocenters. The number of hydrogen-bond acceptors (Lipinski definition) is 2. The predicted octanol–water partition coefficient (Wildman–Crippen LogP) is 2.88. The van der Waals surface area contributed by atoms with Gasteiger partial charge in [0.1, 0.15) is 5.82 Å². The zero-order valence-electron chi connectivity index (χ0n) is 8.67. The molecule has 0 aromatic carbocycles. The topological polar surface area (TPSA) is 38.9 Å². The van der Waals surface area contributed by atoms with Gasteiger partial charge in [-0.3, -0.25) is 0 Å². The van der Waals surface area contributed by atoms with Gasteiger partial charge in [0, 0.05) is 5.69 Å². The quantitative estimate of drug-likeness (QED) is 0.718. The Morgan fingerprint density at radius 2 is 1.92 bits per heavy atom. The van der Waals surface area contributed by atoms with E-state index in [-0.39, 0.29) is 0 Å². The van der Waals surface area contributed by atoms with E-state index in [2.05, 4.69) is 11.1 Å². The number of nitrogens with zero attached hydrogens (tertiary/aromatic N) is 1. The molecule has 2 N–H and O–H groups in total. The first-order valence-electron chi connectivity index (χ1n) is 5.00. The smallest absolute Gasteiger partial charge is 0.123 e. The van der Waals surface area contributed by atoms with Gasteiger partial charge in [-0.15, -0.1) is 0 Å². The normalized spacial score (nSPS) is 14.7. The summed E-state index contributed by atoms with van der Waals surface area (Å²) >= 11 is 0. The molecule has 13 heavy (non-hydrogen) atoms. The zero-order valence-corrected chi connectivity index (χ0v) is 8.67. The fraction of sp³-hybridized carbons (Fsp3) is 0.545. The molecule has 0 saturated heterocycles. The molecule has 0 atom stereocenters. The molecule has 1 fully saturated rings. The van der Waals surface area contributed by atoms with Crippen LogP contribution < -0.4 is 5.73 Å². The second-order valence-corrected chi connectivity index (χ2v) is 3.19. The number of pyridine rings is 1. The minimum atomic E-state index is 0.631. The molecule has 0 spiro atoms. The molecule has 0 amide bonds. The van der Waals surface area contributed by atoms with Crippen molar-refractivity contribution in [3.8, 4) is 0 Å². The van der Waals surface area contributed by atoms with Crippen LogP contribution in [0, 0.1) is 6.92 Å². The Morgan fingerprint density at radius 3 is 2.38 bits per heavy atom. The molecule has 1 aliphatic rings. The molecule has 1 saturated carbocycles. The van der Waals surface area contributed by atoms with E-state index in [1.165, 1.54) is 18.4 Å². The molecule has 2 nitrogen and oxygen atoms in total. The van der Waals surface area contributed by atoms with E-state index in [4.69, 9.17) is 5.73 Å². The Bertz CT molecular complexity index is 277. The van der Waals surface area contributed by atoms with Crippen LogP contribution in [-0.4, -0.2) is 4.98 Å². The Hall–Kier alpha value is -1.05. The van der Waals surface area contributed by atoms with Crippen molar-refractivity contribution in [1.82, 2.24) is 4.98 Å². The highest BCUT2D eigenvalue weighted by Crippen LogP contribution is 2.41. The van der Waals surface area contributed by atoms with Crippen LogP contribution in [0.3, 0.4) is 0 Å². The van der Waals surface area contributed by atoms with Crippen LogP contribution in [0.1, 0.15) is 43.9 Å². The molecular formula is C11H18N2. The molecule has 0 radical (unpaired) electrons. The van der Waals surface area contributed by atoms with Gasteiger partial charge in [0.25, 0.3) is 0 Å². The lowest BCUT2D eigenvalue weighted by Crippen LogP contribution is -1.95. The molecule has 2 rings (SSSR count). The number of aryl methyl sites for hydroxylation is 1. The summed E-state index contributed by atoms with van der Waals surface area (Å²) < 4.78 is 0. The van der Waals surface area contributed by atoms with Gasteiger partial charge in [0.05, 0.1) is 0 Å². The van der Waals surface area contributed by atoms with Crippen molar-refractivity contribution in [3.63, 3.8) is 0 Å². The van der Waals surface area contributed by atoms with Crippen molar-refractivity contribution in [2.45, 2.75) is 39.5 Å². The molecule has 0 aliphatic heterocycles. The number of anilines is 1. The van der Waals surface area contributed by atoms with E-state index in [1.54, 1.807) is 0 Å².